The van der Waals surface area contributed by atoms with Crippen molar-refractivity contribution < 1.29 is 24.2 Å². The van der Waals surface area contributed by atoms with Gasteiger partial charge in [-0.05, 0) is 16.5 Å². The van der Waals surface area contributed by atoms with Gasteiger partial charge in [0, 0.05) is 6.42 Å². The largest absolute Gasteiger partial charge is 0.480 e. The van der Waals surface area contributed by atoms with Crippen LogP contribution in [0.2, 0.25) is 18.1 Å². The maximum atomic E-state index is 12.7. The van der Waals surface area contributed by atoms with Gasteiger partial charge in [0.15, 0.2) is 0 Å². The summed E-state index contributed by atoms with van der Waals surface area (Å²) in [6, 6.07) is 7.07. The van der Waals surface area contributed by atoms with Crippen molar-refractivity contribution in [3.8, 4) is 11.5 Å². The van der Waals surface area contributed by atoms with Gasteiger partial charge in [-0.1, -0.05) is 78.0 Å². The summed E-state index contributed by atoms with van der Waals surface area (Å²) >= 11 is 0. The van der Waals surface area contributed by atoms with E-state index in [4.69, 9.17) is 4.74 Å². The van der Waals surface area contributed by atoms with E-state index >= 15 is 0 Å². The first-order chi connectivity index (χ1) is 14.7. The van der Waals surface area contributed by atoms with Gasteiger partial charge in [-0.2, -0.15) is 0 Å². The molecule has 0 aliphatic rings. The zero-order valence-corrected chi connectivity index (χ0v) is 21.1. The van der Waals surface area contributed by atoms with Gasteiger partial charge in [-0.25, -0.2) is 9.59 Å². The van der Waals surface area contributed by atoms with Crippen LogP contribution in [-0.4, -0.2) is 43.2 Å². The third-order valence-electron chi connectivity index (χ3n) is 5.63. The Hall–Kier alpha value is -2.79. The summed E-state index contributed by atoms with van der Waals surface area (Å²) in [6.45, 7) is 14.2. The maximum absolute atomic E-state index is 12.7. The molecule has 0 saturated carbocycles. The molecule has 176 valence electrons. The van der Waals surface area contributed by atoms with Crippen LogP contribution in [0.4, 0.5) is 4.79 Å². The number of amides is 2. The average Bonchev–Trinajstić information content (AvgIpc) is 2.69. The van der Waals surface area contributed by atoms with Gasteiger partial charge in [0.1, 0.15) is 26.8 Å². The van der Waals surface area contributed by atoms with E-state index in [1.54, 1.807) is 13.8 Å². The molecular weight excluding hydrogens is 424 g/mol. The van der Waals surface area contributed by atoms with E-state index in [1.807, 2.05) is 30.3 Å². The second kappa shape index (κ2) is 11.7. The Bertz CT molecular complexity index is 851. The van der Waals surface area contributed by atoms with Crippen molar-refractivity contribution in [3.05, 3.63) is 35.9 Å². The van der Waals surface area contributed by atoms with Crippen LogP contribution in [-0.2, 0) is 20.9 Å². The topological polar surface area (TPSA) is 105 Å². The van der Waals surface area contributed by atoms with Crippen molar-refractivity contribution in [2.24, 2.45) is 5.92 Å². The van der Waals surface area contributed by atoms with E-state index in [0.717, 1.165) is 5.56 Å². The quantitative estimate of drug-likeness (QED) is 0.402. The van der Waals surface area contributed by atoms with Crippen LogP contribution in [0.5, 0.6) is 0 Å². The van der Waals surface area contributed by atoms with Crippen molar-refractivity contribution in [2.75, 3.05) is 0 Å². The molecule has 0 radical (unpaired) electrons. The molecule has 7 nitrogen and oxygen atoms in total. The first-order valence-corrected chi connectivity index (χ1v) is 13.7. The van der Waals surface area contributed by atoms with Gasteiger partial charge in [0.05, 0.1) is 0 Å². The zero-order chi connectivity index (χ0) is 24.5. The van der Waals surface area contributed by atoms with Crippen LogP contribution in [0, 0.1) is 17.4 Å². The fourth-order valence-corrected chi connectivity index (χ4v) is 3.37. The number of nitrogens with one attached hydrogen (secondary N) is 2. The van der Waals surface area contributed by atoms with Crippen LogP contribution < -0.4 is 10.6 Å². The molecule has 1 rings (SSSR count). The molecule has 0 aliphatic heterocycles. The molecule has 8 heteroatoms. The standard InChI is InChI=1S/C24H36N2O5Si/c1-17(2)20(26-23(30)31-16-18-12-9-8-10-13-18)21(27)25-19(22(28)29)14-11-15-32(6,7)24(3,4)5/h8-10,12-13,17,19-20H,14,16H2,1-7H3,(H,25,27)(H,26,30)(H,28,29)/t19-,20+/m0/s1. The monoisotopic (exact) mass is 460 g/mol. The molecule has 0 saturated heterocycles. The van der Waals surface area contributed by atoms with Gasteiger partial charge in [0.2, 0.25) is 5.91 Å². The van der Waals surface area contributed by atoms with E-state index in [1.165, 1.54) is 0 Å². The number of ether oxygens (including phenoxy) is 1. The summed E-state index contributed by atoms with van der Waals surface area (Å²) in [6.07, 6.45) is -0.746. The van der Waals surface area contributed by atoms with Crippen LogP contribution >= 0.6 is 0 Å². The van der Waals surface area contributed by atoms with E-state index < -0.39 is 38.1 Å². The predicted octanol–water partition coefficient (Wildman–Crippen LogP) is 3.95. The van der Waals surface area contributed by atoms with E-state index in [9.17, 15) is 19.5 Å². The third-order valence-corrected chi connectivity index (χ3v) is 10.2. The number of carboxylic acid groups (broad SMARTS) is 1. The predicted molar refractivity (Wildman–Crippen MR) is 128 cm³/mol. The van der Waals surface area contributed by atoms with Crippen molar-refractivity contribution >= 4 is 26.0 Å². The Kier molecular flexibility index (Phi) is 9.98. The molecule has 0 aromatic heterocycles. The molecule has 1 aromatic rings. The molecule has 32 heavy (non-hydrogen) atoms. The molecule has 0 fully saturated rings. The Morgan fingerprint density at radius 1 is 1.09 bits per heavy atom. The van der Waals surface area contributed by atoms with Gasteiger partial charge in [-0.15, -0.1) is 11.5 Å². The summed E-state index contributed by atoms with van der Waals surface area (Å²) in [5.41, 5.74) is 4.08. The minimum Gasteiger partial charge on any atom is -0.480 e. The average molecular weight is 461 g/mol. The van der Waals surface area contributed by atoms with Crippen LogP contribution in [0.3, 0.4) is 0 Å². The number of benzene rings is 1. The summed E-state index contributed by atoms with van der Waals surface area (Å²) in [4.78, 5) is 36.6. The summed E-state index contributed by atoms with van der Waals surface area (Å²) in [5.74, 6) is 0.945. The number of carbonyl (C=O) groups is 3. The van der Waals surface area contributed by atoms with Crippen LogP contribution in [0.15, 0.2) is 30.3 Å². The minimum absolute atomic E-state index is 0.00312. The lowest BCUT2D eigenvalue weighted by Crippen LogP contribution is -2.53. The van der Waals surface area contributed by atoms with E-state index in [2.05, 4.69) is 56.0 Å². The Labute approximate surface area is 192 Å². The van der Waals surface area contributed by atoms with Crippen molar-refractivity contribution in [2.45, 2.75) is 77.9 Å². The second-order valence-electron chi connectivity index (χ2n) is 9.71. The van der Waals surface area contributed by atoms with E-state index in [-0.39, 0.29) is 24.0 Å². The van der Waals surface area contributed by atoms with Crippen LogP contribution in [0.1, 0.15) is 46.6 Å². The summed E-state index contributed by atoms with van der Waals surface area (Å²) in [7, 11) is -1.89. The number of hydrogen-bond acceptors (Lipinski definition) is 4. The molecule has 0 aliphatic carbocycles. The second-order valence-corrected chi connectivity index (χ2v) is 14.7. The Balaban J connectivity index is 2.77. The molecular formula is C24H36N2O5Si. The fourth-order valence-electron chi connectivity index (χ4n) is 2.45. The normalized spacial score (nSPS) is 13.4. The smallest absolute Gasteiger partial charge is 0.408 e. The maximum Gasteiger partial charge on any atom is 0.408 e. The van der Waals surface area contributed by atoms with Gasteiger partial charge in [-0.3, -0.25) is 4.79 Å². The summed E-state index contributed by atoms with van der Waals surface area (Å²) < 4.78 is 5.18. The lowest BCUT2D eigenvalue weighted by molar-refractivity contribution is -0.142. The van der Waals surface area contributed by atoms with Gasteiger partial charge < -0.3 is 20.5 Å². The van der Waals surface area contributed by atoms with Gasteiger partial charge in [0.25, 0.3) is 0 Å². The fraction of sp³-hybridized carbons (Fsp3) is 0.542. The first-order valence-electron chi connectivity index (χ1n) is 10.7. The molecule has 2 amide bonds. The Morgan fingerprint density at radius 2 is 1.69 bits per heavy atom. The number of carboxylic acids is 1. The van der Waals surface area contributed by atoms with Crippen molar-refractivity contribution in [1.29, 1.82) is 0 Å². The highest BCUT2D eigenvalue weighted by Gasteiger charge is 2.34. The molecule has 0 unspecified atom stereocenters. The zero-order valence-electron chi connectivity index (χ0n) is 20.1. The highest BCUT2D eigenvalue weighted by atomic mass is 28.3. The molecule has 0 bridgehead atoms. The molecule has 3 N–H and O–H groups in total. The molecule has 2 atom stereocenters. The summed E-state index contributed by atoms with van der Waals surface area (Å²) in [5, 5.41) is 14.6. The number of carbonyl (C=O) groups excluding carboxylic acids is 2. The lowest BCUT2D eigenvalue weighted by Gasteiger charge is -2.31. The third kappa shape index (κ3) is 8.75. The number of rotatable bonds is 8. The SMILES string of the molecule is CC(C)[C@@H](NC(=O)OCc1ccccc1)C(=O)N[C@@H](CC#C[Si](C)(C)C(C)(C)C)C(=O)O. The van der Waals surface area contributed by atoms with Crippen molar-refractivity contribution in [3.63, 3.8) is 0 Å². The molecule has 0 spiro atoms. The molecule has 0 heterocycles. The first kappa shape index (κ1) is 27.2. The van der Waals surface area contributed by atoms with Crippen LogP contribution in [0.25, 0.3) is 0 Å². The Morgan fingerprint density at radius 3 is 2.19 bits per heavy atom. The highest BCUT2D eigenvalue weighted by molar-refractivity contribution is 6.87. The van der Waals surface area contributed by atoms with Crippen molar-refractivity contribution in [1.82, 2.24) is 10.6 Å². The number of alkyl carbamates (subject to hydrolysis) is 1. The van der Waals surface area contributed by atoms with E-state index in [0.29, 0.717) is 0 Å². The number of hydrogen-bond donors (Lipinski definition) is 3. The lowest BCUT2D eigenvalue weighted by atomic mass is 10.0. The molecule has 1 aromatic carbocycles. The number of aliphatic carboxylic acids is 1. The highest BCUT2D eigenvalue weighted by Crippen LogP contribution is 2.35. The minimum atomic E-state index is -1.89. The van der Waals surface area contributed by atoms with Gasteiger partial charge >= 0.3 is 12.1 Å².